The zero-order chi connectivity index (χ0) is 20.8. The van der Waals surface area contributed by atoms with Crippen LogP contribution in [0.4, 0.5) is 0 Å². The Bertz CT molecular complexity index is 1090. The summed E-state index contributed by atoms with van der Waals surface area (Å²) >= 11 is 1.87. The van der Waals surface area contributed by atoms with E-state index in [1.54, 1.807) is 12.1 Å². The molecular weight excluding hydrogens is 392 g/mol. The molecule has 2 aliphatic rings. The van der Waals surface area contributed by atoms with E-state index in [-0.39, 0.29) is 17.8 Å². The number of hydrogen-bond donors (Lipinski definition) is 1. The molecule has 30 heavy (non-hydrogen) atoms. The maximum atomic E-state index is 9.70. The Kier molecular flexibility index (Phi) is 4.82. The Morgan fingerprint density at radius 3 is 2.63 bits per heavy atom. The molecule has 1 aromatic carbocycles. The highest BCUT2D eigenvalue weighted by atomic mass is 32.2. The fraction of sp³-hybridized carbons (Fsp3) is 0.333. The molecule has 1 fully saturated rings. The maximum Gasteiger partial charge on any atom is 0.160 e. The van der Waals surface area contributed by atoms with Crippen LogP contribution >= 0.6 is 11.8 Å². The Labute approximate surface area is 181 Å². The second-order valence-corrected chi connectivity index (χ2v) is 9.00. The number of aromatic nitrogens is 2. The van der Waals surface area contributed by atoms with Gasteiger partial charge in [0.25, 0.3) is 0 Å². The lowest BCUT2D eigenvalue weighted by Gasteiger charge is -2.32. The third kappa shape index (κ3) is 3.01. The zero-order valence-corrected chi connectivity index (χ0v) is 18.3. The van der Waals surface area contributed by atoms with Crippen molar-refractivity contribution in [1.29, 1.82) is 0 Å². The Morgan fingerprint density at radius 2 is 1.93 bits per heavy atom. The summed E-state index contributed by atoms with van der Waals surface area (Å²) in [5.74, 6) is 1.38. The molecule has 0 amide bonds. The summed E-state index contributed by atoms with van der Waals surface area (Å²) < 4.78 is 2.27. The Balaban J connectivity index is 1.63. The first-order valence-corrected chi connectivity index (χ1v) is 11.4. The van der Waals surface area contributed by atoms with Gasteiger partial charge in [-0.3, -0.25) is 9.98 Å². The van der Waals surface area contributed by atoms with Gasteiger partial charge in [0.1, 0.15) is 11.8 Å². The molecule has 0 saturated carbocycles. The third-order valence-corrected chi connectivity index (χ3v) is 7.35. The molecule has 1 saturated heterocycles. The molecule has 154 valence electrons. The van der Waals surface area contributed by atoms with Crippen molar-refractivity contribution in [2.24, 2.45) is 4.99 Å². The number of aromatic hydroxyl groups is 1. The number of thioether (sulfide) groups is 1. The minimum absolute atomic E-state index is 0.00295. The summed E-state index contributed by atoms with van der Waals surface area (Å²) in [5.41, 5.74) is 5.78. The molecule has 1 N–H and O–H groups in total. The van der Waals surface area contributed by atoms with Crippen LogP contribution in [-0.2, 0) is 0 Å². The molecule has 5 nitrogen and oxygen atoms in total. The van der Waals surface area contributed by atoms with Crippen LogP contribution in [0.15, 0.2) is 59.7 Å². The zero-order valence-electron chi connectivity index (χ0n) is 17.5. The molecule has 0 unspecified atom stereocenters. The van der Waals surface area contributed by atoms with E-state index in [4.69, 9.17) is 4.99 Å². The van der Waals surface area contributed by atoms with Crippen LogP contribution in [0.5, 0.6) is 5.75 Å². The number of hydrogen-bond acceptors (Lipinski definition) is 5. The number of amidine groups is 1. The highest BCUT2D eigenvalue weighted by molar-refractivity contribution is 8.14. The lowest BCUT2D eigenvalue weighted by atomic mass is 9.95. The van der Waals surface area contributed by atoms with E-state index < -0.39 is 0 Å². The number of phenolic OH excluding ortho intramolecular Hbond substituents is 1. The SMILES string of the molecule is CC[C@@H]1CSC2=N[C@H](c3ccccn3)[C@@H](c3cc(C)n(-c4ccc(O)cc4)c3C)N21. The summed E-state index contributed by atoms with van der Waals surface area (Å²) in [6, 6.07) is 16.4. The van der Waals surface area contributed by atoms with Gasteiger partial charge in [0.2, 0.25) is 0 Å². The lowest BCUT2D eigenvalue weighted by molar-refractivity contribution is 0.254. The molecule has 2 aliphatic heterocycles. The molecule has 4 heterocycles. The van der Waals surface area contributed by atoms with Crippen molar-refractivity contribution in [3.63, 3.8) is 0 Å². The lowest BCUT2D eigenvalue weighted by Crippen LogP contribution is -2.35. The fourth-order valence-electron chi connectivity index (χ4n) is 4.77. The quantitative estimate of drug-likeness (QED) is 0.635. The van der Waals surface area contributed by atoms with Gasteiger partial charge in [0.05, 0.1) is 11.7 Å². The molecule has 3 aromatic rings. The van der Waals surface area contributed by atoms with Crippen LogP contribution in [0.25, 0.3) is 5.69 Å². The summed E-state index contributed by atoms with van der Waals surface area (Å²) in [6.07, 6.45) is 2.97. The van der Waals surface area contributed by atoms with Crippen LogP contribution in [0.1, 0.15) is 48.1 Å². The molecule has 0 spiro atoms. The standard InChI is InChI=1S/C24H26N4OS/c1-4-17-14-30-24-26-22(21-7-5-6-12-25-21)23(28(17)24)20-13-15(2)27(16(20)3)18-8-10-19(29)11-9-18/h5-13,17,22-23,29H,4,14H2,1-3H3/t17-,22-,23-/m1/s1. The Hall–Kier alpha value is -2.73. The first kappa shape index (κ1) is 19.2. The number of fused-ring (bicyclic) bond motifs is 1. The van der Waals surface area contributed by atoms with Gasteiger partial charge in [0.15, 0.2) is 5.17 Å². The van der Waals surface area contributed by atoms with Crippen LogP contribution in [0.3, 0.4) is 0 Å². The van der Waals surface area contributed by atoms with Crippen molar-refractivity contribution in [2.75, 3.05) is 5.75 Å². The third-order valence-electron chi connectivity index (χ3n) is 6.23. The largest absolute Gasteiger partial charge is 0.508 e. The number of benzene rings is 1. The predicted octanol–water partition coefficient (Wildman–Crippen LogP) is 5.17. The van der Waals surface area contributed by atoms with Crippen LogP contribution in [0.2, 0.25) is 0 Å². The van der Waals surface area contributed by atoms with E-state index in [0.29, 0.717) is 6.04 Å². The second-order valence-electron chi connectivity index (χ2n) is 8.01. The van der Waals surface area contributed by atoms with Gasteiger partial charge in [0, 0.05) is 35.1 Å². The fourth-order valence-corrected chi connectivity index (χ4v) is 6.11. The number of aliphatic imine (C=N–C) groups is 1. The normalized spacial score (nSPS) is 23.0. The van der Waals surface area contributed by atoms with E-state index in [0.717, 1.165) is 28.7 Å². The second kappa shape index (κ2) is 7.51. The van der Waals surface area contributed by atoms with Crippen molar-refractivity contribution in [3.05, 3.63) is 77.4 Å². The topological polar surface area (TPSA) is 53.6 Å². The monoisotopic (exact) mass is 418 g/mol. The average molecular weight is 419 g/mol. The van der Waals surface area contributed by atoms with Gasteiger partial charge in [-0.15, -0.1) is 0 Å². The van der Waals surface area contributed by atoms with Crippen LogP contribution in [-0.4, -0.2) is 36.5 Å². The summed E-state index contributed by atoms with van der Waals surface area (Å²) in [5, 5.41) is 10.8. The smallest absolute Gasteiger partial charge is 0.160 e. The summed E-state index contributed by atoms with van der Waals surface area (Å²) in [4.78, 5) is 12.3. The van der Waals surface area contributed by atoms with Gasteiger partial charge in [-0.05, 0) is 68.3 Å². The summed E-state index contributed by atoms with van der Waals surface area (Å²) in [6.45, 7) is 6.60. The number of nitrogens with zero attached hydrogens (tertiary/aromatic N) is 4. The maximum absolute atomic E-state index is 9.70. The Morgan fingerprint density at radius 1 is 1.13 bits per heavy atom. The van der Waals surface area contributed by atoms with E-state index in [9.17, 15) is 5.11 Å². The first-order chi connectivity index (χ1) is 14.6. The molecular formula is C24H26N4OS. The summed E-state index contributed by atoms with van der Waals surface area (Å²) in [7, 11) is 0. The average Bonchev–Trinajstić information content (AvgIpc) is 3.41. The molecule has 0 aliphatic carbocycles. The van der Waals surface area contributed by atoms with Crippen molar-refractivity contribution in [2.45, 2.75) is 45.3 Å². The van der Waals surface area contributed by atoms with Crippen molar-refractivity contribution in [1.82, 2.24) is 14.5 Å². The van der Waals surface area contributed by atoms with E-state index in [1.807, 2.05) is 42.2 Å². The molecule has 5 rings (SSSR count). The van der Waals surface area contributed by atoms with Crippen molar-refractivity contribution >= 4 is 16.9 Å². The molecule has 3 atom stereocenters. The molecule has 0 radical (unpaired) electrons. The van der Waals surface area contributed by atoms with E-state index in [2.05, 4.69) is 47.4 Å². The number of rotatable bonds is 4. The predicted molar refractivity (Wildman–Crippen MR) is 122 cm³/mol. The van der Waals surface area contributed by atoms with Crippen LogP contribution < -0.4 is 0 Å². The van der Waals surface area contributed by atoms with Gasteiger partial charge in [-0.2, -0.15) is 0 Å². The van der Waals surface area contributed by atoms with Gasteiger partial charge in [-0.1, -0.05) is 24.8 Å². The van der Waals surface area contributed by atoms with E-state index >= 15 is 0 Å². The first-order valence-electron chi connectivity index (χ1n) is 10.5. The molecule has 6 heteroatoms. The minimum Gasteiger partial charge on any atom is -0.508 e. The number of pyridine rings is 1. The number of aryl methyl sites for hydroxylation is 1. The van der Waals surface area contributed by atoms with Crippen LogP contribution in [0, 0.1) is 13.8 Å². The molecule has 2 aromatic heterocycles. The van der Waals surface area contributed by atoms with Gasteiger partial charge < -0.3 is 14.6 Å². The van der Waals surface area contributed by atoms with Gasteiger partial charge in [-0.25, -0.2) is 0 Å². The van der Waals surface area contributed by atoms with Gasteiger partial charge >= 0.3 is 0 Å². The minimum atomic E-state index is -0.00295. The van der Waals surface area contributed by atoms with Crippen molar-refractivity contribution in [3.8, 4) is 11.4 Å². The highest BCUT2D eigenvalue weighted by Gasteiger charge is 2.46. The van der Waals surface area contributed by atoms with Crippen molar-refractivity contribution < 1.29 is 5.11 Å². The highest BCUT2D eigenvalue weighted by Crippen LogP contribution is 2.49. The van der Waals surface area contributed by atoms with E-state index in [1.165, 1.54) is 17.0 Å². The molecule has 0 bridgehead atoms. The number of phenols is 1.